The van der Waals surface area contributed by atoms with Crippen LogP contribution in [0.1, 0.15) is 71.7 Å². The van der Waals surface area contributed by atoms with Crippen molar-refractivity contribution in [2.75, 3.05) is 33.4 Å². The van der Waals surface area contributed by atoms with E-state index < -0.39 is 11.4 Å². The third-order valence-corrected chi connectivity index (χ3v) is 11.8. The lowest BCUT2D eigenvalue weighted by molar-refractivity contribution is -0.145. The summed E-state index contributed by atoms with van der Waals surface area (Å²) >= 11 is 3.40. The summed E-state index contributed by atoms with van der Waals surface area (Å²) < 4.78 is 19.0. The summed E-state index contributed by atoms with van der Waals surface area (Å²) in [7, 11) is 1.68. The van der Waals surface area contributed by atoms with E-state index in [1.54, 1.807) is 13.3 Å². The quantitative estimate of drug-likeness (QED) is 0.353. The maximum Gasteiger partial charge on any atom is 0.316 e. The van der Waals surface area contributed by atoms with Gasteiger partial charge in [-0.25, -0.2) is 4.98 Å². The highest BCUT2D eigenvalue weighted by atomic mass is 32.2. The summed E-state index contributed by atoms with van der Waals surface area (Å²) in [5, 5.41) is 19.6. The first-order valence-corrected chi connectivity index (χ1v) is 16.3. The number of nitrogens with zero attached hydrogens (tertiary/aromatic N) is 3. The lowest BCUT2D eigenvalue weighted by Crippen LogP contribution is -2.49. The normalized spacial score (nSPS) is 22.9. The van der Waals surface area contributed by atoms with E-state index >= 15 is 0 Å². The number of rotatable bonds is 9. The predicted molar refractivity (Wildman–Crippen MR) is 161 cm³/mol. The monoisotopic (exact) mass is 612 g/mol. The molecule has 3 atom stereocenters. The number of para-hydroxylation sites is 1. The zero-order chi connectivity index (χ0) is 29.3. The van der Waals surface area contributed by atoms with Gasteiger partial charge in [0.25, 0.3) is 0 Å². The van der Waals surface area contributed by atoms with E-state index in [0.29, 0.717) is 49.2 Å². The fraction of sp³-hybridized carbons (Fsp3) is 0.533. The number of nitrogens with one attached hydrogen (secondary N) is 1. The molecular formula is C30H36N4O6S2. The number of carboxylic acid groups (broad SMARTS) is 1. The molecule has 3 aliphatic heterocycles. The van der Waals surface area contributed by atoms with Gasteiger partial charge in [-0.05, 0) is 44.8 Å². The number of piperidine rings is 1. The summed E-state index contributed by atoms with van der Waals surface area (Å²) in [6, 6.07) is 8.01. The molecule has 0 spiro atoms. The number of hydrogen-bond acceptors (Lipinski definition) is 10. The highest BCUT2D eigenvalue weighted by Crippen LogP contribution is 2.53. The number of fused-ring (bicyclic) bond motifs is 1. The van der Waals surface area contributed by atoms with Gasteiger partial charge in [-0.2, -0.15) is 5.10 Å². The van der Waals surface area contributed by atoms with E-state index in [9.17, 15) is 14.7 Å². The number of thioether (sulfide) groups is 2. The number of ether oxygens (including phenoxy) is 2. The molecule has 2 aromatic heterocycles. The Labute approximate surface area is 253 Å². The van der Waals surface area contributed by atoms with Gasteiger partial charge < -0.3 is 24.3 Å². The number of carboxylic acids is 1. The van der Waals surface area contributed by atoms with Gasteiger partial charge in [-0.3, -0.25) is 14.3 Å². The van der Waals surface area contributed by atoms with E-state index in [1.165, 1.54) is 18.0 Å². The van der Waals surface area contributed by atoms with E-state index in [1.807, 2.05) is 41.6 Å². The van der Waals surface area contributed by atoms with Crippen LogP contribution < -0.4 is 15.5 Å². The highest BCUT2D eigenvalue weighted by Gasteiger charge is 2.48. The van der Waals surface area contributed by atoms with Crippen molar-refractivity contribution in [3.8, 4) is 5.75 Å². The van der Waals surface area contributed by atoms with Crippen molar-refractivity contribution in [1.29, 1.82) is 0 Å². The highest BCUT2D eigenvalue weighted by molar-refractivity contribution is 8.00. The van der Waals surface area contributed by atoms with Crippen LogP contribution in [0.25, 0.3) is 0 Å². The second kappa shape index (κ2) is 12.4. The molecule has 0 bridgehead atoms. The molecule has 0 radical (unpaired) electrons. The van der Waals surface area contributed by atoms with Crippen molar-refractivity contribution in [3.63, 3.8) is 0 Å². The van der Waals surface area contributed by atoms with E-state index in [4.69, 9.17) is 19.0 Å². The lowest BCUT2D eigenvalue weighted by Gasteiger charge is -2.33. The standard InChI is InChI=1S/C30H36N4O6S2/c1-18-23-24(35)26(30(29(36)37)9-11-31-12-10-30)33-34(28(23)42-25(18)27-32-13-16-40-27)17-22(41-19-7-14-39-15-8-19)20-5-3-4-6-21(20)38-2/h3-6,13,16,18-19,22,25,31H,7-12,14-15,17H2,1-2H3,(H,36,37). The zero-order valence-corrected chi connectivity index (χ0v) is 25.4. The summed E-state index contributed by atoms with van der Waals surface area (Å²) in [6.07, 6.45) is 5.66. The Balaban J connectivity index is 1.49. The average molecular weight is 613 g/mol. The summed E-state index contributed by atoms with van der Waals surface area (Å²) in [5.74, 6) is 0.105. The third kappa shape index (κ3) is 5.38. The maximum atomic E-state index is 14.3. The van der Waals surface area contributed by atoms with Crippen molar-refractivity contribution in [1.82, 2.24) is 20.1 Å². The summed E-state index contributed by atoms with van der Waals surface area (Å²) in [4.78, 5) is 31.5. The van der Waals surface area contributed by atoms with Gasteiger partial charge in [0, 0.05) is 35.5 Å². The Bertz CT molecular complexity index is 1470. The van der Waals surface area contributed by atoms with Crippen LogP contribution in [-0.4, -0.2) is 64.5 Å². The fourth-order valence-corrected chi connectivity index (χ4v) is 9.24. The van der Waals surface area contributed by atoms with E-state index in [-0.39, 0.29) is 27.5 Å². The maximum absolute atomic E-state index is 14.3. The molecule has 10 nitrogen and oxygen atoms in total. The van der Waals surface area contributed by atoms with Crippen molar-refractivity contribution in [2.24, 2.45) is 0 Å². The molecular weight excluding hydrogens is 576 g/mol. The minimum atomic E-state index is -1.35. The molecule has 2 fully saturated rings. The molecule has 5 heterocycles. The Morgan fingerprint density at radius 3 is 2.74 bits per heavy atom. The van der Waals surface area contributed by atoms with Crippen LogP contribution in [-0.2, 0) is 21.5 Å². The van der Waals surface area contributed by atoms with Gasteiger partial charge >= 0.3 is 5.97 Å². The van der Waals surface area contributed by atoms with Gasteiger partial charge in [-0.1, -0.05) is 36.9 Å². The van der Waals surface area contributed by atoms with Crippen LogP contribution in [0.15, 0.2) is 51.0 Å². The van der Waals surface area contributed by atoms with Gasteiger partial charge in [0.1, 0.15) is 28.1 Å². The lowest BCUT2D eigenvalue weighted by atomic mass is 9.75. The largest absolute Gasteiger partial charge is 0.496 e. The molecule has 3 unspecified atom stereocenters. The molecule has 2 saturated heterocycles. The average Bonchev–Trinajstić information content (AvgIpc) is 3.67. The van der Waals surface area contributed by atoms with Crippen LogP contribution in [0.3, 0.4) is 0 Å². The zero-order valence-electron chi connectivity index (χ0n) is 23.8. The van der Waals surface area contributed by atoms with E-state index in [2.05, 4.69) is 16.4 Å². The first-order valence-electron chi connectivity index (χ1n) is 14.4. The smallest absolute Gasteiger partial charge is 0.316 e. The van der Waals surface area contributed by atoms with Gasteiger partial charge in [0.2, 0.25) is 11.3 Å². The van der Waals surface area contributed by atoms with Gasteiger partial charge in [0.15, 0.2) is 0 Å². The first kappa shape index (κ1) is 29.3. The number of oxazole rings is 1. The molecule has 0 amide bonds. The molecule has 42 heavy (non-hydrogen) atoms. The number of benzene rings is 1. The van der Waals surface area contributed by atoms with Crippen LogP contribution in [0.5, 0.6) is 5.75 Å². The number of carbonyl (C=O) groups is 1. The minimum absolute atomic E-state index is 0.0540. The van der Waals surface area contributed by atoms with Crippen molar-refractivity contribution < 1.29 is 23.8 Å². The fourth-order valence-electron chi connectivity index (χ4n) is 6.30. The van der Waals surface area contributed by atoms with Crippen molar-refractivity contribution >= 4 is 29.5 Å². The van der Waals surface area contributed by atoms with Gasteiger partial charge in [-0.15, -0.1) is 11.8 Å². The van der Waals surface area contributed by atoms with Gasteiger partial charge in [0.05, 0.1) is 30.4 Å². The Morgan fingerprint density at radius 1 is 1.29 bits per heavy atom. The molecule has 6 rings (SSSR count). The topological polar surface area (TPSA) is 129 Å². The van der Waals surface area contributed by atoms with Crippen LogP contribution >= 0.6 is 23.5 Å². The Hall–Kier alpha value is -2.80. The Kier molecular flexibility index (Phi) is 8.67. The summed E-state index contributed by atoms with van der Waals surface area (Å²) in [6.45, 7) is 4.92. The molecule has 2 N–H and O–H groups in total. The van der Waals surface area contributed by atoms with Crippen LogP contribution in [0, 0.1) is 0 Å². The summed E-state index contributed by atoms with van der Waals surface area (Å²) in [5.41, 5.74) is 0.152. The number of methoxy groups -OCH3 is 1. The second-order valence-corrected chi connectivity index (χ2v) is 13.7. The number of hydrogen-bond donors (Lipinski definition) is 2. The number of aromatic nitrogens is 3. The second-order valence-electron chi connectivity index (χ2n) is 11.1. The first-order chi connectivity index (χ1) is 20.4. The minimum Gasteiger partial charge on any atom is -0.496 e. The SMILES string of the molecule is COc1ccccc1C(Cn1nc(C2(C(=O)O)CCNCC2)c(=O)c2c1SC(c1ncco1)C2C)SC1CCOCC1. The third-order valence-electron chi connectivity index (χ3n) is 8.66. The van der Waals surface area contributed by atoms with Crippen molar-refractivity contribution in [2.45, 2.75) is 71.3 Å². The molecule has 0 aliphatic carbocycles. The Morgan fingerprint density at radius 2 is 2.05 bits per heavy atom. The molecule has 224 valence electrons. The number of aliphatic carboxylic acids is 1. The predicted octanol–water partition coefficient (Wildman–Crippen LogP) is 4.55. The molecule has 3 aliphatic rings. The molecule has 1 aromatic carbocycles. The van der Waals surface area contributed by atoms with Crippen LogP contribution in [0.2, 0.25) is 0 Å². The molecule has 3 aromatic rings. The van der Waals surface area contributed by atoms with Crippen molar-refractivity contribution in [3.05, 3.63) is 69.7 Å². The van der Waals surface area contributed by atoms with Crippen LogP contribution in [0.4, 0.5) is 0 Å². The van der Waals surface area contributed by atoms with E-state index in [0.717, 1.165) is 42.4 Å². The molecule has 12 heteroatoms. The molecule has 0 saturated carbocycles.